The molecule has 1 amide bonds. The standard InChI is InChI=1S/C12H17BrN2O2S/c1-9(8-15-4-6-17-7-5-15)14-12(16)10-2-3-11(13)18-10/h2-3,9H,4-8H2,1H3,(H,14,16)/t9-/m0/s1. The maximum Gasteiger partial charge on any atom is 0.261 e. The molecule has 6 heteroatoms. The minimum Gasteiger partial charge on any atom is -0.379 e. The number of carbonyl (C=O) groups excluding carboxylic acids is 1. The van der Waals surface area contributed by atoms with Crippen LogP contribution in [0.25, 0.3) is 0 Å². The molecule has 1 N–H and O–H groups in total. The van der Waals surface area contributed by atoms with Crippen LogP contribution < -0.4 is 5.32 Å². The lowest BCUT2D eigenvalue weighted by molar-refractivity contribution is 0.0342. The lowest BCUT2D eigenvalue weighted by atomic mass is 10.2. The van der Waals surface area contributed by atoms with Crippen LogP contribution in [0.5, 0.6) is 0 Å². The Balaban J connectivity index is 1.79. The molecule has 2 heterocycles. The van der Waals surface area contributed by atoms with Crippen LogP contribution in [0.15, 0.2) is 15.9 Å². The second-order valence-electron chi connectivity index (χ2n) is 4.39. The van der Waals surface area contributed by atoms with Crippen molar-refractivity contribution < 1.29 is 9.53 Å². The van der Waals surface area contributed by atoms with Gasteiger partial charge in [-0.1, -0.05) is 0 Å². The molecule has 0 bridgehead atoms. The summed E-state index contributed by atoms with van der Waals surface area (Å²) >= 11 is 4.82. The summed E-state index contributed by atoms with van der Waals surface area (Å²) in [6.07, 6.45) is 0. The topological polar surface area (TPSA) is 41.6 Å². The second-order valence-corrected chi connectivity index (χ2v) is 6.85. The van der Waals surface area contributed by atoms with Crippen LogP contribution in [0.3, 0.4) is 0 Å². The van der Waals surface area contributed by atoms with E-state index < -0.39 is 0 Å². The van der Waals surface area contributed by atoms with Crippen molar-refractivity contribution in [1.29, 1.82) is 0 Å². The first-order valence-corrected chi connectivity index (χ1v) is 7.62. The van der Waals surface area contributed by atoms with Crippen molar-refractivity contribution in [3.05, 3.63) is 20.8 Å². The number of hydrogen-bond acceptors (Lipinski definition) is 4. The summed E-state index contributed by atoms with van der Waals surface area (Å²) in [5.41, 5.74) is 0. The van der Waals surface area contributed by atoms with Gasteiger partial charge in [0.15, 0.2) is 0 Å². The van der Waals surface area contributed by atoms with Crippen LogP contribution in [-0.2, 0) is 4.74 Å². The first kappa shape index (κ1) is 14.0. The van der Waals surface area contributed by atoms with Crippen molar-refractivity contribution >= 4 is 33.2 Å². The molecule has 1 atom stereocenters. The van der Waals surface area contributed by atoms with Crippen molar-refractivity contribution in [1.82, 2.24) is 10.2 Å². The summed E-state index contributed by atoms with van der Waals surface area (Å²) in [5.74, 6) is 0.00598. The molecule has 0 radical (unpaired) electrons. The van der Waals surface area contributed by atoms with Crippen LogP contribution in [-0.4, -0.2) is 49.7 Å². The zero-order chi connectivity index (χ0) is 13.0. The lowest BCUT2D eigenvalue weighted by Crippen LogP contribution is -2.45. The Morgan fingerprint density at radius 1 is 1.56 bits per heavy atom. The molecule has 0 saturated carbocycles. The third-order valence-corrected chi connectivity index (χ3v) is 4.43. The summed E-state index contributed by atoms with van der Waals surface area (Å²) in [6.45, 7) is 6.39. The van der Waals surface area contributed by atoms with Crippen LogP contribution in [0, 0.1) is 0 Å². The predicted octanol–water partition coefficient (Wildman–Crippen LogP) is 1.96. The first-order valence-electron chi connectivity index (χ1n) is 6.01. The summed E-state index contributed by atoms with van der Waals surface area (Å²) in [6, 6.07) is 3.88. The number of halogens is 1. The maximum absolute atomic E-state index is 11.9. The average molecular weight is 333 g/mol. The van der Waals surface area contributed by atoms with Gasteiger partial charge in [-0.15, -0.1) is 11.3 Å². The molecule has 1 aromatic heterocycles. The first-order chi connectivity index (χ1) is 8.65. The van der Waals surface area contributed by atoms with E-state index in [4.69, 9.17) is 4.74 Å². The second kappa shape index (κ2) is 6.65. The fourth-order valence-corrected chi connectivity index (χ4v) is 3.24. The van der Waals surface area contributed by atoms with Crippen molar-refractivity contribution in [2.75, 3.05) is 32.8 Å². The van der Waals surface area contributed by atoms with Crippen molar-refractivity contribution in [3.63, 3.8) is 0 Å². The Bertz CT molecular complexity index is 405. The molecule has 1 aliphatic rings. The van der Waals surface area contributed by atoms with E-state index in [9.17, 15) is 4.79 Å². The predicted molar refractivity (Wildman–Crippen MR) is 76.2 cm³/mol. The molecule has 1 fully saturated rings. The Morgan fingerprint density at radius 2 is 2.28 bits per heavy atom. The zero-order valence-corrected chi connectivity index (χ0v) is 12.7. The lowest BCUT2D eigenvalue weighted by Gasteiger charge is -2.29. The van der Waals surface area contributed by atoms with Gasteiger partial charge in [-0.05, 0) is 35.0 Å². The van der Waals surface area contributed by atoms with Gasteiger partial charge in [0.05, 0.1) is 21.9 Å². The van der Waals surface area contributed by atoms with Gasteiger partial charge in [-0.2, -0.15) is 0 Å². The molecule has 1 aromatic rings. The van der Waals surface area contributed by atoms with Gasteiger partial charge in [0.1, 0.15) is 0 Å². The number of nitrogens with one attached hydrogen (secondary N) is 1. The monoisotopic (exact) mass is 332 g/mol. The summed E-state index contributed by atoms with van der Waals surface area (Å²) in [4.78, 5) is 15.0. The van der Waals surface area contributed by atoms with E-state index in [1.165, 1.54) is 11.3 Å². The molecule has 2 rings (SSSR count). The average Bonchev–Trinajstić information content (AvgIpc) is 2.77. The quantitative estimate of drug-likeness (QED) is 0.916. The third kappa shape index (κ3) is 4.05. The number of rotatable bonds is 4. The number of ether oxygens (including phenoxy) is 1. The molecular formula is C12H17BrN2O2S. The van der Waals surface area contributed by atoms with Gasteiger partial charge in [0, 0.05) is 25.7 Å². The number of carbonyl (C=O) groups is 1. The molecule has 1 saturated heterocycles. The van der Waals surface area contributed by atoms with E-state index in [1.807, 2.05) is 19.1 Å². The van der Waals surface area contributed by atoms with Gasteiger partial charge >= 0.3 is 0 Å². The van der Waals surface area contributed by atoms with Gasteiger partial charge < -0.3 is 10.1 Å². The summed E-state index contributed by atoms with van der Waals surface area (Å²) in [7, 11) is 0. The largest absolute Gasteiger partial charge is 0.379 e. The number of amides is 1. The van der Waals surface area contributed by atoms with Crippen LogP contribution >= 0.6 is 27.3 Å². The highest BCUT2D eigenvalue weighted by Crippen LogP contribution is 2.21. The smallest absolute Gasteiger partial charge is 0.261 e. The van der Waals surface area contributed by atoms with E-state index >= 15 is 0 Å². The molecule has 4 nitrogen and oxygen atoms in total. The molecular weight excluding hydrogens is 316 g/mol. The minimum atomic E-state index is 0.00598. The number of morpholine rings is 1. The van der Waals surface area contributed by atoms with E-state index in [0.29, 0.717) is 0 Å². The zero-order valence-electron chi connectivity index (χ0n) is 10.3. The van der Waals surface area contributed by atoms with Crippen LogP contribution in [0.2, 0.25) is 0 Å². The van der Waals surface area contributed by atoms with Crippen LogP contribution in [0.1, 0.15) is 16.6 Å². The molecule has 100 valence electrons. The van der Waals surface area contributed by atoms with Gasteiger partial charge in [-0.25, -0.2) is 0 Å². The summed E-state index contributed by atoms with van der Waals surface area (Å²) < 4.78 is 6.28. The summed E-state index contributed by atoms with van der Waals surface area (Å²) in [5, 5.41) is 3.02. The third-order valence-electron chi connectivity index (χ3n) is 2.81. The Kier molecular flexibility index (Phi) is 5.17. The Labute approximate surface area is 119 Å². The molecule has 0 aliphatic carbocycles. The van der Waals surface area contributed by atoms with Crippen molar-refractivity contribution in [2.45, 2.75) is 13.0 Å². The number of nitrogens with zero attached hydrogens (tertiary/aromatic N) is 1. The van der Waals surface area contributed by atoms with Gasteiger partial charge in [0.25, 0.3) is 5.91 Å². The van der Waals surface area contributed by atoms with Gasteiger partial charge in [0.2, 0.25) is 0 Å². The SMILES string of the molecule is C[C@@H](CN1CCOCC1)NC(=O)c1ccc(Br)s1. The number of hydrogen-bond donors (Lipinski definition) is 1. The molecule has 1 aliphatic heterocycles. The fraction of sp³-hybridized carbons (Fsp3) is 0.583. The highest BCUT2D eigenvalue weighted by Gasteiger charge is 2.16. The normalized spacial score (nSPS) is 18.6. The molecule has 0 spiro atoms. The molecule has 18 heavy (non-hydrogen) atoms. The van der Waals surface area contributed by atoms with Crippen molar-refractivity contribution in [2.24, 2.45) is 0 Å². The number of thiophene rings is 1. The van der Waals surface area contributed by atoms with E-state index in [0.717, 1.165) is 41.5 Å². The highest BCUT2D eigenvalue weighted by atomic mass is 79.9. The highest BCUT2D eigenvalue weighted by molar-refractivity contribution is 9.11. The van der Waals surface area contributed by atoms with Gasteiger partial charge in [-0.3, -0.25) is 9.69 Å². The van der Waals surface area contributed by atoms with Crippen molar-refractivity contribution in [3.8, 4) is 0 Å². The minimum absolute atomic E-state index is 0.00598. The van der Waals surface area contributed by atoms with Crippen LogP contribution in [0.4, 0.5) is 0 Å². The molecule has 0 aromatic carbocycles. The van der Waals surface area contributed by atoms with E-state index in [-0.39, 0.29) is 11.9 Å². The Hall–Kier alpha value is -0.430. The van der Waals surface area contributed by atoms with E-state index in [2.05, 4.69) is 26.1 Å². The Morgan fingerprint density at radius 3 is 2.89 bits per heavy atom. The maximum atomic E-state index is 11.9. The fourth-order valence-electron chi connectivity index (χ4n) is 1.95. The van der Waals surface area contributed by atoms with E-state index in [1.54, 1.807) is 0 Å². The molecule has 0 unspecified atom stereocenters.